The minimum atomic E-state index is -0.624. The van der Waals surface area contributed by atoms with Crippen LogP contribution in [0.3, 0.4) is 0 Å². The summed E-state index contributed by atoms with van der Waals surface area (Å²) in [6.45, 7) is 7.95. The third kappa shape index (κ3) is 5.64. The molecule has 0 radical (unpaired) electrons. The lowest BCUT2D eigenvalue weighted by Gasteiger charge is -2.49. The number of rotatable bonds is 8. The van der Waals surface area contributed by atoms with Crippen LogP contribution in [-0.4, -0.2) is 36.4 Å². The summed E-state index contributed by atoms with van der Waals surface area (Å²) in [5, 5.41) is 20.8. The molecule has 0 aliphatic heterocycles. The van der Waals surface area contributed by atoms with E-state index >= 15 is 0 Å². The summed E-state index contributed by atoms with van der Waals surface area (Å²) >= 11 is 0. The zero-order valence-corrected chi connectivity index (χ0v) is 21.9. The standard InChI is InChI=1S/C30H36O6/c1-17(2)7-9-19-15-21(11-13-23(19)31)25-27(29(33)35-5)26(28(25)30(34)36-6)22-12-14-24(32)20(16-22)10-8-18(3)4/h7-8,11-16,25-28,31-32H,9-10H2,1-6H3. The number of aromatic hydroxyl groups is 2. The Hall–Kier alpha value is -3.54. The second kappa shape index (κ2) is 11.5. The molecule has 2 aromatic rings. The third-order valence-electron chi connectivity index (χ3n) is 6.93. The van der Waals surface area contributed by atoms with Crippen molar-refractivity contribution in [2.24, 2.45) is 11.8 Å². The van der Waals surface area contributed by atoms with Gasteiger partial charge in [-0.15, -0.1) is 0 Å². The van der Waals surface area contributed by atoms with Crippen LogP contribution in [0, 0.1) is 11.8 Å². The Morgan fingerprint density at radius 2 is 1.08 bits per heavy atom. The molecule has 0 bridgehead atoms. The molecular weight excluding hydrogens is 456 g/mol. The van der Waals surface area contributed by atoms with Gasteiger partial charge in [-0.2, -0.15) is 0 Å². The predicted molar refractivity (Wildman–Crippen MR) is 139 cm³/mol. The van der Waals surface area contributed by atoms with E-state index in [9.17, 15) is 19.8 Å². The molecule has 2 N–H and O–H groups in total. The molecule has 1 aliphatic rings. The number of ether oxygens (including phenoxy) is 2. The van der Waals surface area contributed by atoms with E-state index in [4.69, 9.17) is 9.47 Å². The molecule has 0 spiro atoms. The highest BCUT2D eigenvalue weighted by Gasteiger charge is 2.59. The molecule has 1 fully saturated rings. The van der Waals surface area contributed by atoms with Crippen molar-refractivity contribution in [2.75, 3.05) is 14.2 Å². The lowest BCUT2D eigenvalue weighted by Crippen LogP contribution is -2.51. The van der Waals surface area contributed by atoms with Gasteiger partial charge in [0, 0.05) is 11.8 Å². The highest BCUT2D eigenvalue weighted by molar-refractivity contribution is 5.85. The molecule has 192 valence electrons. The molecule has 0 unspecified atom stereocenters. The van der Waals surface area contributed by atoms with Gasteiger partial charge >= 0.3 is 11.9 Å². The highest BCUT2D eigenvalue weighted by Crippen LogP contribution is 2.59. The molecule has 1 aliphatic carbocycles. The largest absolute Gasteiger partial charge is 0.508 e. The minimum Gasteiger partial charge on any atom is -0.508 e. The molecule has 36 heavy (non-hydrogen) atoms. The Kier molecular flexibility index (Phi) is 8.62. The number of allylic oxidation sites excluding steroid dienone is 4. The van der Waals surface area contributed by atoms with Crippen molar-refractivity contribution < 1.29 is 29.3 Å². The summed E-state index contributed by atoms with van der Waals surface area (Å²) in [4.78, 5) is 26.1. The van der Waals surface area contributed by atoms with E-state index in [1.807, 2.05) is 52.0 Å². The molecule has 0 amide bonds. The van der Waals surface area contributed by atoms with Crippen LogP contribution in [0.1, 0.15) is 61.8 Å². The Morgan fingerprint density at radius 1 is 0.722 bits per heavy atom. The van der Waals surface area contributed by atoms with Crippen molar-refractivity contribution in [3.8, 4) is 11.5 Å². The van der Waals surface area contributed by atoms with Gasteiger partial charge in [0.2, 0.25) is 0 Å². The average molecular weight is 493 g/mol. The topological polar surface area (TPSA) is 93.1 Å². The van der Waals surface area contributed by atoms with Crippen molar-refractivity contribution in [2.45, 2.75) is 52.4 Å². The number of hydrogen-bond donors (Lipinski definition) is 2. The first kappa shape index (κ1) is 27.1. The van der Waals surface area contributed by atoms with E-state index in [0.29, 0.717) is 12.8 Å². The number of esters is 2. The summed E-state index contributed by atoms with van der Waals surface area (Å²) in [5.41, 5.74) is 5.24. The average Bonchev–Trinajstić information content (AvgIpc) is 2.83. The Balaban J connectivity index is 2.09. The molecule has 0 saturated heterocycles. The van der Waals surface area contributed by atoms with Gasteiger partial charge in [-0.25, -0.2) is 0 Å². The molecular formula is C30H36O6. The normalized spacial score (nSPS) is 20.6. The fraction of sp³-hybridized carbons (Fsp3) is 0.400. The zero-order chi connectivity index (χ0) is 26.6. The number of hydrogen-bond acceptors (Lipinski definition) is 6. The third-order valence-corrected chi connectivity index (χ3v) is 6.93. The van der Waals surface area contributed by atoms with Crippen LogP contribution < -0.4 is 0 Å². The van der Waals surface area contributed by atoms with E-state index in [-0.39, 0.29) is 11.5 Å². The van der Waals surface area contributed by atoms with Gasteiger partial charge in [0.1, 0.15) is 11.5 Å². The fourth-order valence-corrected chi connectivity index (χ4v) is 5.02. The Morgan fingerprint density at radius 3 is 1.39 bits per heavy atom. The number of carbonyl (C=O) groups is 2. The van der Waals surface area contributed by atoms with Gasteiger partial charge < -0.3 is 19.7 Å². The molecule has 0 aromatic heterocycles. The van der Waals surface area contributed by atoms with Gasteiger partial charge in [0.25, 0.3) is 0 Å². The minimum absolute atomic E-state index is 0.166. The van der Waals surface area contributed by atoms with E-state index in [1.54, 1.807) is 24.3 Å². The van der Waals surface area contributed by atoms with E-state index < -0.39 is 35.6 Å². The van der Waals surface area contributed by atoms with Gasteiger partial charge in [0.15, 0.2) is 0 Å². The van der Waals surface area contributed by atoms with Gasteiger partial charge in [-0.1, -0.05) is 47.6 Å². The molecule has 0 atom stereocenters. The molecule has 6 heteroatoms. The molecule has 1 saturated carbocycles. The quantitative estimate of drug-likeness (QED) is 0.369. The zero-order valence-electron chi connectivity index (χ0n) is 21.9. The number of benzene rings is 2. The highest BCUT2D eigenvalue weighted by atomic mass is 16.5. The first-order valence-corrected chi connectivity index (χ1v) is 12.1. The van der Waals surface area contributed by atoms with Crippen LogP contribution in [-0.2, 0) is 31.9 Å². The maximum Gasteiger partial charge on any atom is 0.309 e. The monoisotopic (exact) mass is 492 g/mol. The van der Waals surface area contributed by atoms with Gasteiger partial charge in [-0.05, 0) is 74.9 Å². The lowest BCUT2D eigenvalue weighted by molar-refractivity contribution is -0.164. The maximum atomic E-state index is 13.1. The molecule has 6 nitrogen and oxygen atoms in total. The van der Waals surface area contributed by atoms with E-state index in [1.165, 1.54) is 14.2 Å². The van der Waals surface area contributed by atoms with Crippen LogP contribution in [0.15, 0.2) is 59.7 Å². The van der Waals surface area contributed by atoms with Crippen LogP contribution >= 0.6 is 0 Å². The Bertz CT molecular complexity index is 1080. The van der Waals surface area contributed by atoms with Crippen LogP contribution in [0.2, 0.25) is 0 Å². The van der Waals surface area contributed by atoms with Crippen LogP contribution in [0.5, 0.6) is 11.5 Å². The first-order valence-electron chi connectivity index (χ1n) is 12.1. The van der Waals surface area contributed by atoms with Crippen molar-refractivity contribution >= 4 is 11.9 Å². The van der Waals surface area contributed by atoms with Crippen molar-refractivity contribution in [1.29, 1.82) is 0 Å². The molecule has 2 aromatic carbocycles. The summed E-state index contributed by atoms with van der Waals surface area (Å²) in [7, 11) is 2.69. The van der Waals surface area contributed by atoms with Crippen LogP contribution in [0.4, 0.5) is 0 Å². The maximum absolute atomic E-state index is 13.1. The van der Waals surface area contributed by atoms with E-state index in [2.05, 4.69) is 0 Å². The molecule has 3 rings (SSSR count). The summed E-state index contributed by atoms with van der Waals surface area (Å²) in [6.07, 6.45) is 5.11. The first-order chi connectivity index (χ1) is 17.1. The second-order valence-corrected chi connectivity index (χ2v) is 9.90. The molecule has 0 heterocycles. The van der Waals surface area contributed by atoms with Gasteiger partial charge in [0.05, 0.1) is 26.1 Å². The van der Waals surface area contributed by atoms with Crippen molar-refractivity contribution in [3.63, 3.8) is 0 Å². The SMILES string of the molecule is COC(=O)C1C(c2ccc(O)c(CC=C(C)C)c2)C(C(=O)OC)C1c1ccc(O)c(CC=C(C)C)c1. The smallest absolute Gasteiger partial charge is 0.309 e. The Labute approximate surface area is 213 Å². The lowest BCUT2D eigenvalue weighted by atomic mass is 9.52. The van der Waals surface area contributed by atoms with Crippen molar-refractivity contribution in [3.05, 3.63) is 82.0 Å². The van der Waals surface area contributed by atoms with E-state index in [0.717, 1.165) is 33.4 Å². The summed E-state index contributed by atoms with van der Waals surface area (Å²) < 4.78 is 10.4. The van der Waals surface area contributed by atoms with Gasteiger partial charge in [-0.3, -0.25) is 9.59 Å². The second-order valence-electron chi connectivity index (χ2n) is 9.90. The number of phenolic OH excluding ortho intramolecular Hbond substituents is 2. The number of phenols is 2. The number of methoxy groups -OCH3 is 2. The summed E-state index contributed by atoms with van der Waals surface area (Å²) in [6, 6.07) is 10.4. The number of carbonyl (C=O) groups excluding carboxylic acids is 2. The summed E-state index contributed by atoms with van der Waals surface area (Å²) in [5.74, 6) is -2.70. The van der Waals surface area contributed by atoms with Crippen molar-refractivity contribution in [1.82, 2.24) is 0 Å². The van der Waals surface area contributed by atoms with Crippen LogP contribution in [0.25, 0.3) is 0 Å². The predicted octanol–water partition coefficient (Wildman–Crippen LogP) is 5.57. The fourth-order valence-electron chi connectivity index (χ4n) is 5.02.